The van der Waals surface area contributed by atoms with E-state index in [0.29, 0.717) is 25.9 Å². The maximum absolute atomic E-state index is 5.85. The van der Waals surface area contributed by atoms with E-state index in [1.54, 1.807) is 0 Å². The van der Waals surface area contributed by atoms with Crippen molar-refractivity contribution < 1.29 is 18.9 Å². The predicted octanol–water partition coefficient (Wildman–Crippen LogP) is 0.273. The molecule has 4 nitrogen and oxygen atoms in total. The van der Waals surface area contributed by atoms with Crippen LogP contribution in [0.25, 0.3) is 0 Å². The summed E-state index contributed by atoms with van der Waals surface area (Å²) in [6.45, 7) is 8.87. The Balaban J connectivity index is 2.47. The lowest BCUT2D eigenvalue weighted by atomic mass is 10.2. The molecule has 0 aromatic rings. The standard InChI is InChI=1S/C11H24O4Si/c1-4-10(13-8-9-7-12-9)11(16,14-5-2)15-6-3/h9-10H,4-8H2,1-3,16H3. The third-order valence-electron chi connectivity index (χ3n) is 2.70. The Morgan fingerprint density at radius 2 is 1.88 bits per heavy atom. The largest absolute Gasteiger partial charge is 0.371 e. The van der Waals surface area contributed by atoms with E-state index >= 15 is 0 Å². The fraction of sp³-hybridized carbons (Fsp3) is 1.00. The Morgan fingerprint density at radius 3 is 2.25 bits per heavy atom. The second-order valence-corrected chi connectivity index (χ2v) is 5.46. The van der Waals surface area contributed by atoms with E-state index in [-0.39, 0.29) is 6.10 Å². The topological polar surface area (TPSA) is 40.2 Å². The van der Waals surface area contributed by atoms with Gasteiger partial charge in [0.2, 0.25) is 0 Å². The highest BCUT2D eigenvalue weighted by atomic mass is 28.1. The van der Waals surface area contributed by atoms with Gasteiger partial charge in [-0.25, -0.2) is 0 Å². The molecule has 0 aromatic carbocycles. The summed E-state index contributed by atoms with van der Waals surface area (Å²) in [4.78, 5) is 0. The summed E-state index contributed by atoms with van der Waals surface area (Å²) in [5.74, 6) is 0. The van der Waals surface area contributed by atoms with Gasteiger partial charge in [0.05, 0.1) is 23.5 Å². The summed E-state index contributed by atoms with van der Waals surface area (Å²) >= 11 is 0. The van der Waals surface area contributed by atoms with Gasteiger partial charge in [0.1, 0.15) is 12.2 Å². The van der Waals surface area contributed by atoms with Crippen LogP contribution in [-0.4, -0.2) is 54.3 Å². The molecular weight excluding hydrogens is 224 g/mol. The van der Waals surface area contributed by atoms with Gasteiger partial charge in [-0.2, -0.15) is 0 Å². The molecule has 2 unspecified atom stereocenters. The maximum atomic E-state index is 5.85. The lowest BCUT2D eigenvalue weighted by molar-refractivity contribution is -0.237. The summed E-state index contributed by atoms with van der Waals surface area (Å²) in [5.41, 5.74) is -0.507. The van der Waals surface area contributed by atoms with Crippen LogP contribution in [0.15, 0.2) is 0 Å². The first-order chi connectivity index (χ1) is 7.66. The molecule has 2 atom stereocenters. The van der Waals surface area contributed by atoms with Gasteiger partial charge in [0.15, 0.2) is 5.41 Å². The first-order valence-electron chi connectivity index (χ1n) is 6.17. The molecule has 0 amide bonds. The Bertz CT molecular complexity index is 190. The predicted molar refractivity (Wildman–Crippen MR) is 65.7 cm³/mol. The second-order valence-electron chi connectivity index (χ2n) is 4.07. The Morgan fingerprint density at radius 1 is 1.31 bits per heavy atom. The van der Waals surface area contributed by atoms with Crippen molar-refractivity contribution >= 4 is 10.2 Å². The summed E-state index contributed by atoms with van der Waals surface area (Å²) in [7, 11) is 0.801. The highest BCUT2D eigenvalue weighted by Gasteiger charge is 2.36. The summed E-state index contributed by atoms with van der Waals surface area (Å²) < 4.78 is 22.5. The average Bonchev–Trinajstić information content (AvgIpc) is 3.03. The van der Waals surface area contributed by atoms with Crippen molar-refractivity contribution in [3.05, 3.63) is 0 Å². The molecule has 1 aliphatic rings. The van der Waals surface area contributed by atoms with Gasteiger partial charge in [0.25, 0.3) is 0 Å². The molecule has 0 spiro atoms. The molecule has 1 rings (SSSR count). The number of hydrogen-bond acceptors (Lipinski definition) is 4. The van der Waals surface area contributed by atoms with Gasteiger partial charge < -0.3 is 18.9 Å². The lowest BCUT2D eigenvalue weighted by Crippen LogP contribution is -2.49. The minimum absolute atomic E-state index is 0.0169. The fourth-order valence-electron chi connectivity index (χ4n) is 1.83. The van der Waals surface area contributed by atoms with E-state index in [2.05, 4.69) is 6.92 Å². The van der Waals surface area contributed by atoms with E-state index in [9.17, 15) is 0 Å². The van der Waals surface area contributed by atoms with Gasteiger partial charge in [-0.1, -0.05) is 6.92 Å². The van der Waals surface area contributed by atoms with Crippen molar-refractivity contribution in [3.8, 4) is 0 Å². The Labute approximate surface area is 101 Å². The van der Waals surface area contributed by atoms with Gasteiger partial charge in [-0.3, -0.25) is 0 Å². The monoisotopic (exact) mass is 248 g/mol. The number of rotatable bonds is 9. The molecule has 0 aliphatic carbocycles. The van der Waals surface area contributed by atoms with Gasteiger partial charge >= 0.3 is 0 Å². The summed E-state index contributed by atoms with van der Waals surface area (Å²) in [5, 5.41) is 0. The molecular formula is C11H24O4Si. The first kappa shape index (κ1) is 14.1. The van der Waals surface area contributed by atoms with E-state index in [1.165, 1.54) is 0 Å². The summed E-state index contributed by atoms with van der Waals surface area (Å²) in [6, 6.07) is 0. The van der Waals surface area contributed by atoms with E-state index in [1.807, 2.05) is 13.8 Å². The highest BCUT2D eigenvalue weighted by Crippen LogP contribution is 2.22. The third-order valence-corrected chi connectivity index (χ3v) is 3.92. The summed E-state index contributed by atoms with van der Waals surface area (Å²) in [6.07, 6.45) is 1.21. The van der Waals surface area contributed by atoms with E-state index in [0.717, 1.165) is 23.3 Å². The zero-order chi connectivity index (χ0) is 12.0. The van der Waals surface area contributed by atoms with Crippen LogP contribution in [0.2, 0.25) is 0 Å². The molecule has 1 fully saturated rings. The fourth-order valence-corrected chi connectivity index (χ4v) is 2.98. The SMILES string of the molecule is CCOC([SiH3])(OCC)C(CC)OCC1CO1. The smallest absolute Gasteiger partial charge is 0.166 e. The molecule has 1 heterocycles. The molecule has 16 heavy (non-hydrogen) atoms. The molecule has 0 radical (unpaired) electrons. The van der Waals surface area contributed by atoms with Gasteiger partial charge in [-0.15, -0.1) is 0 Å². The maximum Gasteiger partial charge on any atom is 0.166 e. The van der Waals surface area contributed by atoms with Gasteiger partial charge in [-0.05, 0) is 20.3 Å². The highest BCUT2D eigenvalue weighted by molar-refractivity contribution is 6.13. The normalized spacial score (nSPS) is 22.3. The molecule has 1 saturated heterocycles. The number of epoxide rings is 1. The van der Waals surface area contributed by atoms with Crippen LogP contribution in [0.3, 0.4) is 0 Å². The first-order valence-corrected chi connectivity index (χ1v) is 7.17. The van der Waals surface area contributed by atoms with E-state index < -0.39 is 5.41 Å². The number of hydrogen-bond donors (Lipinski definition) is 0. The molecule has 5 heteroatoms. The Hall–Kier alpha value is 0.0569. The molecule has 0 bridgehead atoms. The van der Waals surface area contributed by atoms with Crippen LogP contribution in [0.5, 0.6) is 0 Å². The molecule has 0 aromatic heterocycles. The van der Waals surface area contributed by atoms with Crippen LogP contribution in [0.1, 0.15) is 27.2 Å². The third kappa shape index (κ3) is 4.14. The van der Waals surface area contributed by atoms with Crippen LogP contribution in [0, 0.1) is 0 Å². The van der Waals surface area contributed by atoms with Crippen LogP contribution in [0.4, 0.5) is 0 Å². The second kappa shape index (κ2) is 6.71. The molecule has 0 saturated carbocycles. The minimum Gasteiger partial charge on any atom is -0.371 e. The van der Waals surface area contributed by atoms with Crippen LogP contribution >= 0.6 is 0 Å². The van der Waals surface area contributed by atoms with Crippen molar-refractivity contribution in [3.63, 3.8) is 0 Å². The van der Waals surface area contributed by atoms with Crippen LogP contribution < -0.4 is 0 Å². The van der Waals surface area contributed by atoms with Crippen molar-refractivity contribution in [2.24, 2.45) is 0 Å². The van der Waals surface area contributed by atoms with Crippen molar-refractivity contribution in [1.82, 2.24) is 0 Å². The molecule has 0 N–H and O–H groups in total. The lowest BCUT2D eigenvalue weighted by Gasteiger charge is -2.36. The molecule has 1 aliphatic heterocycles. The zero-order valence-electron chi connectivity index (χ0n) is 10.8. The van der Waals surface area contributed by atoms with E-state index in [4.69, 9.17) is 18.9 Å². The number of ether oxygens (including phenoxy) is 4. The van der Waals surface area contributed by atoms with Crippen LogP contribution in [-0.2, 0) is 18.9 Å². The van der Waals surface area contributed by atoms with Crippen molar-refractivity contribution in [2.75, 3.05) is 26.4 Å². The Kier molecular flexibility index (Phi) is 5.92. The van der Waals surface area contributed by atoms with Crippen molar-refractivity contribution in [1.29, 1.82) is 0 Å². The minimum atomic E-state index is -0.507. The molecule has 96 valence electrons. The average molecular weight is 248 g/mol. The quantitative estimate of drug-likeness (QED) is 0.334. The van der Waals surface area contributed by atoms with Gasteiger partial charge in [0, 0.05) is 13.2 Å². The zero-order valence-corrected chi connectivity index (χ0v) is 12.8. The van der Waals surface area contributed by atoms with Crippen molar-refractivity contribution in [2.45, 2.75) is 44.8 Å².